The normalized spacial score (nSPS) is 21.7. The number of nitrogens with one attached hydrogen (secondary N) is 1. The van der Waals surface area contributed by atoms with Crippen molar-refractivity contribution in [3.63, 3.8) is 0 Å². The standard InChI is InChI=1S/C11H15N2/c1-2-5-10(6-3-1)13-9-11-7-4-8-12-11/h1-3,5-6,11,13H,4,7-9H2/t11-/m0/s1. The summed E-state index contributed by atoms with van der Waals surface area (Å²) in [5.74, 6) is 0. The van der Waals surface area contributed by atoms with Crippen LogP contribution in [-0.4, -0.2) is 19.1 Å². The van der Waals surface area contributed by atoms with Gasteiger partial charge in [-0.25, -0.2) is 5.32 Å². The highest BCUT2D eigenvalue weighted by Crippen LogP contribution is 2.09. The zero-order chi connectivity index (χ0) is 8.93. The minimum Gasteiger partial charge on any atom is -0.383 e. The second kappa shape index (κ2) is 4.28. The second-order valence-corrected chi connectivity index (χ2v) is 3.45. The van der Waals surface area contributed by atoms with Crippen LogP contribution in [0.1, 0.15) is 12.8 Å². The van der Waals surface area contributed by atoms with Gasteiger partial charge >= 0.3 is 0 Å². The van der Waals surface area contributed by atoms with Crippen LogP contribution in [0.5, 0.6) is 0 Å². The zero-order valence-electron chi connectivity index (χ0n) is 7.74. The molecule has 13 heavy (non-hydrogen) atoms. The van der Waals surface area contributed by atoms with Crippen LogP contribution in [0.4, 0.5) is 5.69 Å². The fourth-order valence-corrected chi connectivity index (χ4v) is 1.65. The molecule has 1 saturated heterocycles. The van der Waals surface area contributed by atoms with Crippen LogP contribution in [0.15, 0.2) is 30.3 Å². The summed E-state index contributed by atoms with van der Waals surface area (Å²) in [6.07, 6.45) is 2.51. The number of benzene rings is 1. The van der Waals surface area contributed by atoms with E-state index >= 15 is 0 Å². The zero-order valence-corrected chi connectivity index (χ0v) is 7.74. The average Bonchev–Trinajstić information content (AvgIpc) is 2.69. The van der Waals surface area contributed by atoms with Gasteiger partial charge in [0.15, 0.2) is 0 Å². The third kappa shape index (κ3) is 2.46. The Labute approximate surface area is 79.4 Å². The SMILES string of the molecule is c1ccc(NC[C@@H]2CCC[N]2)cc1. The van der Waals surface area contributed by atoms with Crippen molar-refractivity contribution < 1.29 is 0 Å². The molecule has 1 fully saturated rings. The number of hydrogen-bond acceptors (Lipinski definition) is 1. The predicted molar refractivity (Wildman–Crippen MR) is 55.0 cm³/mol. The van der Waals surface area contributed by atoms with E-state index in [9.17, 15) is 0 Å². The lowest BCUT2D eigenvalue weighted by atomic mass is 10.2. The minimum atomic E-state index is 0.542. The molecule has 1 N–H and O–H groups in total. The van der Waals surface area contributed by atoms with E-state index in [2.05, 4.69) is 22.8 Å². The summed E-state index contributed by atoms with van der Waals surface area (Å²) in [6, 6.07) is 10.9. The van der Waals surface area contributed by atoms with Gasteiger partial charge in [0.1, 0.15) is 0 Å². The van der Waals surface area contributed by atoms with E-state index in [0.29, 0.717) is 6.04 Å². The molecule has 0 unspecified atom stereocenters. The summed E-state index contributed by atoms with van der Waals surface area (Å²) < 4.78 is 0. The topological polar surface area (TPSA) is 26.1 Å². The quantitative estimate of drug-likeness (QED) is 0.745. The molecule has 1 aliphatic heterocycles. The van der Waals surface area contributed by atoms with Crippen LogP contribution < -0.4 is 10.6 Å². The lowest BCUT2D eigenvalue weighted by molar-refractivity contribution is 0.622. The van der Waals surface area contributed by atoms with Crippen LogP contribution in [0.25, 0.3) is 0 Å². The van der Waals surface area contributed by atoms with Gasteiger partial charge in [0.2, 0.25) is 0 Å². The van der Waals surface area contributed by atoms with Gasteiger partial charge in [0, 0.05) is 24.8 Å². The summed E-state index contributed by atoms with van der Waals surface area (Å²) in [7, 11) is 0. The Hall–Kier alpha value is -1.02. The van der Waals surface area contributed by atoms with Crippen molar-refractivity contribution >= 4 is 5.69 Å². The molecule has 1 heterocycles. The number of rotatable bonds is 3. The van der Waals surface area contributed by atoms with E-state index in [4.69, 9.17) is 0 Å². The first-order valence-corrected chi connectivity index (χ1v) is 4.91. The molecular weight excluding hydrogens is 160 g/mol. The Kier molecular flexibility index (Phi) is 2.82. The van der Waals surface area contributed by atoms with Crippen LogP contribution in [0, 0.1) is 0 Å². The van der Waals surface area contributed by atoms with E-state index in [1.54, 1.807) is 0 Å². The number of para-hydroxylation sites is 1. The molecule has 0 aliphatic carbocycles. The molecule has 0 aromatic heterocycles. The van der Waals surface area contributed by atoms with Crippen LogP contribution >= 0.6 is 0 Å². The molecular formula is C11H15N2. The van der Waals surface area contributed by atoms with Crippen molar-refractivity contribution in [2.45, 2.75) is 18.9 Å². The van der Waals surface area contributed by atoms with Crippen LogP contribution in [0.3, 0.4) is 0 Å². The molecule has 2 heteroatoms. The first-order chi connectivity index (χ1) is 6.45. The highest BCUT2D eigenvalue weighted by Gasteiger charge is 2.14. The lowest BCUT2D eigenvalue weighted by Gasteiger charge is -2.10. The van der Waals surface area contributed by atoms with Crippen molar-refractivity contribution in [2.75, 3.05) is 18.4 Å². The van der Waals surface area contributed by atoms with E-state index in [0.717, 1.165) is 13.1 Å². The fraction of sp³-hybridized carbons (Fsp3) is 0.455. The molecule has 0 saturated carbocycles. The minimum absolute atomic E-state index is 0.542. The molecule has 1 aromatic rings. The second-order valence-electron chi connectivity index (χ2n) is 3.45. The molecule has 69 valence electrons. The third-order valence-corrected chi connectivity index (χ3v) is 2.40. The van der Waals surface area contributed by atoms with Gasteiger partial charge in [-0.3, -0.25) is 0 Å². The first-order valence-electron chi connectivity index (χ1n) is 4.91. The van der Waals surface area contributed by atoms with Crippen molar-refractivity contribution in [1.82, 2.24) is 5.32 Å². The van der Waals surface area contributed by atoms with E-state index < -0.39 is 0 Å². The summed E-state index contributed by atoms with van der Waals surface area (Å²) in [6.45, 7) is 2.05. The Morgan fingerprint density at radius 1 is 1.31 bits per heavy atom. The van der Waals surface area contributed by atoms with Gasteiger partial charge in [-0.05, 0) is 25.0 Å². The lowest BCUT2D eigenvalue weighted by Crippen LogP contribution is -2.24. The predicted octanol–water partition coefficient (Wildman–Crippen LogP) is 1.87. The molecule has 1 aromatic carbocycles. The maximum absolute atomic E-state index is 4.49. The van der Waals surface area contributed by atoms with Crippen LogP contribution in [-0.2, 0) is 0 Å². The summed E-state index contributed by atoms with van der Waals surface area (Å²) >= 11 is 0. The van der Waals surface area contributed by atoms with Gasteiger partial charge in [-0.15, -0.1) is 0 Å². The molecule has 1 radical (unpaired) electrons. The summed E-state index contributed by atoms with van der Waals surface area (Å²) in [5.41, 5.74) is 1.20. The number of hydrogen-bond donors (Lipinski definition) is 1. The van der Waals surface area contributed by atoms with Crippen LogP contribution in [0.2, 0.25) is 0 Å². The summed E-state index contributed by atoms with van der Waals surface area (Å²) in [4.78, 5) is 0. The van der Waals surface area contributed by atoms with E-state index in [-0.39, 0.29) is 0 Å². The van der Waals surface area contributed by atoms with Crippen molar-refractivity contribution in [2.24, 2.45) is 0 Å². The van der Waals surface area contributed by atoms with Crippen molar-refractivity contribution in [3.8, 4) is 0 Å². The molecule has 0 amide bonds. The summed E-state index contributed by atoms with van der Waals surface area (Å²) in [5, 5.41) is 7.88. The maximum Gasteiger partial charge on any atom is 0.0419 e. The molecule has 0 spiro atoms. The average molecular weight is 175 g/mol. The smallest absolute Gasteiger partial charge is 0.0419 e. The molecule has 2 rings (SSSR count). The van der Waals surface area contributed by atoms with Crippen molar-refractivity contribution in [3.05, 3.63) is 30.3 Å². The van der Waals surface area contributed by atoms with Gasteiger partial charge < -0.3 is 5.32 Å². The monoisotopic (exact) mass is 175 g/mol. The highest BCUT2D eigenvalue weighted by molar-refractivity contribution is 5.42. The fourth-order valence-electron chi connectivity index (χ4n) is 1.65. The van der Waals surface area contributed by atoms with Crippen molar-refractivity contribution in [1.29, 1.82) is 0 Å². The Balaban J connectivity index is 1.79. The number of nitrogens with zero attached hydrogens (tertiary/aromatic N) is 1. The Morgan fingerprint density at radius 2 is 2.15 bits per heavy atom. The third-order valence-electron chi connectivity index (χ3n) is 2.40. The largest absolute Gasteiger partial charge is 0.383 e. The van der Waals surface area contributed by atoms with Gasteiger partial charge in [0.05, 0.1) is 0 Å². The van der Waals surface area contributed by atoms with Gasteiger partial charge in [0.25, 0.3) is 0 Å². The highest BCUT2D eigenvalue weighted by atomic mass is 15.0. The molecule has 1 atom stereocenters. The van der Waals surface area contributed by atoms with Gasteiger partial charge in [-0.1, -0.05) is 18.2 Å². The number of anilines is 1. The Morgan fingerprint density at radius 3 is 2.85 bits per heavy atom. The molecule has 1 aliphatic rings. The first kappa shape index (κ1) is 8.57. The van der Waals surface area contributed by atoms with Gasteiger partial charge in [-0.2, -0.15) is 0 Å². The molecule has 0 bridgehead atoms. The maximum atomic E-state index is 4.49. The van der Waals surface area contributed by atoms with E-state index in [1.165, 1.54) is 18.5 Å². The Bertz CT molecular complexity index is 240. The van der Waals surface area contributed by atoms with E-state index in [1.807, 2.05) is 18.2 Å². The molecule has 2 nitrogen and oxygen atoms in total.